The summed E-state index contributed by atoms with van der Waals surface area (Å²) in [5.41, 5.74) is 1.44. The van der Waals surface area contributed by atoms with Crippen LogP contribution in [0, 0.1) is 0 Å². The summed E-state index contributed by atoms with van der Waals surface area (Å²) in [6, 6.07) is 16.4. The monoisotopic (exact) mass is 265 g/mol. The number of guanidine groups is 1. The van der Waals surface area contributed by atoms with Crippen LogP contribution in [0.3, 0.4) is 0 Å². The zero-order chi connectivity index (χ0) is 13.5. The molecule has 0 aromatic heterocycles. The quantitative estimate of drug-likeness (QED) is 0.875. The molecule has 0 amide bonds. The van der Waals surface area contributed by atoms with Crippen LogP contribution < -0.4 is 10.6 Å². The molecule has 4 rings (SSSR count). The average molecular weight is 265 g/mol. The van der Waals surface area contributed by atoms with E-state index in [-0.39, 0.29) is 0 Å². The molecule has 3 atom stereocenters. The summed E-state index contributed by atoms with van der Waals surface area (Å²) < 4.78 is 0. The minimum absolute atomic E-state index is 0.468. The van der Waals surface area contributed by atoms with Gasteiger partial charge in [-0.05, 0) is 29.7 Å². The largest absolute Gasteiger partial charge is 0.353 e. The molecule has 2 aromatic carbocycles. The molecule has 2 N–H and O–H groups in total. The summed E-state index contributed by atoms with van der Waals surface area (Å²) in [5, 5.41) is 9.54. The highest BCUT2D eigenvalue weighted by atomic mass is 15.3. The summed E-state index contributed by atoms with van der Waals surface area (Å²) in [6.45, 7) is 3.04. The van der Waals surface area contributed by atoms with Crippen LogP contribution in [0.1, 0.15) is 24.8 Å². The summed E-state index contributed by atoms with van der Waals surface area (Å²) in [6.07, 6.45) is 1.20. The minimum atomic E-state index is 0.468. The zero-order valence-corrected chi connectivity index (χ0v) is 11.6. The molecule has 0 bridgehead atoms. The third kappa shape index (κ3) is 2.13. The average Bonchev–Trinajstić information content (AvgIpc) is 3.11. The molecule has 1 unspecified atom stereocenters. The van der Waals surface area contributed by atoms with Crippen LogP contribution >= 0.6 is 0 Å². The molecule has 20 heavy (non-hydrogen) atoms. The Morgan fingerprint density at radius 2 is 2.00 bits per heavy atom. The third-order valence-electron chi connectivity index (χ3n) is 4.22. The van der Waals surface area contributed by atoms with Crippen molar-refractivity contribution in [2.24, 2.45) is 4.99 Å². The minimum Gasteiger partial charge on any atom is -0.353 e. The molecule has 2 aromatic rings. The van der Waals surface area contributed by atoms with Crippen molar-refractivity contribution in [2.75, 3.05) is 6.54 Å². The van der Waals surface area contributed by atoms with Crippen molar-refractivity contribution in [3.8, 4) is 0 Å². The predicted octanol–water partition coefficient (Wildman–Crippen LogP) is 2.63. The Bertz CT molecular complexity index is 677. The number of rotatable bonds is 2. The van der Waals surface area contributed by atoms with Gasteiger partial charge in [-0.25, -0.2) is 0 Å². The topological polar surface area (TPSA) is 36.4 Å². The van der Waals surface area contributed by atoms with Crippen LogP contribution in [0.2, 0.25) is 0 Å². The molecule has 102 valence electrons. The SMILES string of the molecule is CC1CN=C(N[C@@H]2C[C@H]2c2ccc3ccccc3c2)N1. The van der Waals surface area contributed by atoms with E-state index in [2.05, 4.69) is 65.0 Å². The van der Waals surface area contributed by atoms with E-state index >= 15 is 0 Å². The summed E-state index contributed by atoms with van der Waals surface area (Å²) in [5.74, 6) is 1.60. The van der Waals surface area contributed by atoms with Gasteiger partial charge in [0.15, 0.2) is 5.96 Å². The number of hydrogen-bond donors (Lipinski definition) is 2. The molecule has 1 saturated carbocycles. The standard InChI is InChI=1S/C17H19N3/c1-11-10-18-17(19-11)20-16-9-15(16)14-7-6-12-4-2-3-5-13(12)8-14/h2-8,11,15-16H,9-10H2,1H3,(H2,18,19,20)/t11?,15-,16+/m0/s1. The van der Waals surface area contributed by atoms with Crippen molar-refractivity contribution in [1.82, 2.24) is 10.6 Å². The lowest BCUT2D eigenvalue weighted by atomic mass is 10.0. The normalized spacial score (nSPS) is 28.1. The smallest absolute Gasteiger partial charge is 0.191 e. The van der Waals surface area contributed by atoms with E-state index < -0.39 is 0 Å². The van der Waals surface area contributed by atoms with Gasteiger partial charge in [-0.15, -0.1) is 0 Å². The molecule has 0 spiro atoms. The lowest BCUT2D eigenvalue weighted by Gasteiger charge is -2.09. The fourth-order valence-corrected chi connectivity index (χ4v) is 2.98. The lowest BCUT2D eigenvalue weighted by molar-refractivity contribution is 0.711. The molecule has 1 fully saturated rings. The van der Waals surface area contributed by atoms with E-state index in [1.807, 2.05) is 0 Å². The van der Waals surface area contributed by atoms with E-state index in [9.17, 15) is 0 Å². The van der Waals surface area contributed by atoms with Crippen molar-refractivity contribution in [2.45, 2.75) is 31.3 Å². The Labute approximate surface area is 119 Å². The maximum absolute atomic E-state index is 4.47. The number of benzene rings is 2. The van der Waals surface area contributed by atoms with Crippen LogP contribution in [-0.4, -0.2) is 24.6 Å². The van der Waals surface area contributed by atoms with Crippen LogP contribution in [0.5, 0.6) is 0 Å². The highest BCUT2D eigenvalue weighted by Gasteiger charge is 2.39. The number of aliphatic imine (C=N–C) groups is 1. The van der Waals surface area contributed by atoms with Gasteiger partial charge in [0.1, 0.15) is 0 Å². The molecule has 0 radical (unpaired) electrons. The van der Waals surface area contributed by atoms with Gasteiger partial charge in [0.25, 0.3) is 0 Å². The third-order valence-corrected chi connectivity index (χ3v) is 4.22. The first-order valence-corrected chi connectivity index (χ1v) is 7.36. The second-order valence-corrected chi connectivity index (χ2v) is 5.93. The first kappa shape index (κ1) is 11.8. The molecule has 1 aliphatic carbocycles. The number of fused-ring (bicyclic) bond motifs is 1. The molecule has 1 aliphatic heterocycles. The predicted molar refractivity (Wildman–Crippen MR) is 83.1 cm³/mol. The first-order chi connectivity index (χ1) is 9.79. The van der Waals surface area contributed by atoms with Crippen LogP contribution in [-0.2, 0) is 0 Å². The number of hydrogen-bond acceptors (Lipinski definition) is 3. The number of nitrogens with zero attached hydrogens (tertiary/aromatic N) is 1. The van der Waals surface area contributed by atoms with Crippen molar-refractivity contribution >= 4 is 16.7 Å². The van der Waals surface area contributed by atoms with Crippen LogP contribution in [0.15, 0.2) is 47.5 Å². The Hall–Kier alpha value is -2.03. The van der Waals surface area contributed by atoms with Gasteiger partial charge in [-0.3, -0.25) is 4.99 Å². The van der Waals surface area contributed by atoms with Gasteiger partial charge in [-0.2, -0.15) is 0 Å². The zero-order valence-electron chi connectivity index (χ0n) is 11.6. The molecular formula is C17H19N3. The summed E-state index contributed by atoms with van der Waals surface area (Å²) in [7, 11) is 0. The van der Waals surface area contributed by atoms with Crippen LogP contribution in [0.25, 0.3) is 10.8 Å². The fourth-order valence-electron chi connectivity index (χ4n) is 2.98. The molecule has 1 heterocycles. The van der Waals surface area contributed by atoms with Crippen LogP contribution in [0.4, 0.5) is 0 Å². The van der Waals surface area contributed by atoms with Gasteiger partial charge in [0.2, 0.25) is 0 Å². The van der Waals surface area contributed by atoms with E-state index in [0.717, 1.165) is 12.5 Å². The van der Waals surface area contributed by atoms with E-state index in [1.165, 1.54) is 22.8 Å². The van der Waals surface area contributed by atoms with Crippen molar-refractivity contribution in [3.05, 3.63) is 48.0 Å². The first-order valence-electron chi connectivity index (χ1n) is 7.36. The fraction of sp³-hybridized carbons (Fsp3) is 0.353. The Balaban J connectivity index is 1.48. The van der Waals surface area contributed by atoms with Crippen molar-refractivity contribution < 1.29 is 0 Å². The maximum atomic E-state index is 4.47. The van der Waals surface area contributed by atoms with Gasteiger partial charge in [-0.1, -0.05) is 42.5 Å². The van der Waals surface area contributed by atoms with Gasteiger partial charge in [0, 0.05) is 18.0 Å². The molecule has 3 heteroatoms. The Kier molecular flexibility index (Phi) is 2.66. The Morgan fingerprint density at radius 1 is 1.15 bits per heavy atom. The van der Waals surface area contributed by atoms with Gasteiger partial charge >= 0.3 is 0 Å². The highest BCUT2D eigenvalue weighted by molar-refractivity contribution is 5.84. The molecule has 2 aliphatic rings. The Morgan fingerprint density at radius 3 is 2.80 bits per heavy atom. The second-order valence-electron chi connectivity index (χ2n) is 5.93. The van der Waals surface area contributed by atoms with E-state index in [4.69, 9.17) is 0 Å². The van der Waals surface area contributed by atoms with E-state index in [0.29, 0.717) is 18.0 Å². The van der Waals surface area contributed by atoms with E-state index in [1.54, 1.807) is 0 Å². The van der Waals surface area contributed by atoms with Crippen molar-refractivity contribution in [3.63, 3.8) is 0 Å². The van der Waals surface area contributed by atoms with Gasteiger partial charge < -0.3 is 10.6 Å². The molecule has 3 nitrogen and oxygen atoms in total. The highest BCUT2D eigenvalue weighted by Crippen LogP contribution is 2.41. The summed E-state index contributed by atoms with van der Waals surface area (Å²) in [4.78, 5) is 4.47. The number of nitrogens with one attached hydrogen (secondary N) is 2. The molecule has 0 saturated heterocycles. The summed E-state index contributed by atoms with van der Waals surface area (Å²) >= 11 is 0. The lowest BCUT2D eigenvalue weighted by Crippen LogP contribution is -2.39. The molecular weight excluding hydrogens is 246 g/mol. The van der Waals surface area contributed by atoms with Crippen molar-refractivity contribution in [1.29, 1.82) is 0 Å². The maximum Gasteiger partial charge on any atom is 0.191 e. The second kappa shape index (κ2) is 4.51. The van der Waals surface area contributed by atoms with Gasteiger partial charge in [0.05, 0.1) is 6.54 Å².